The van der Waals surface area contributed by atoms with Crippen molar-refractivity contribution in [1.29, 1.82) is 0 Å². The number of thioether (sulfide) groups is 1. The number of methoxy groups -OCH3 is 1. The average molecular weight is 628 g/mol. The maximum Gasteiger partial charge on any atom is 0.298 e. The van der Waals surface area contributed by atoms with E-state index in [9.17, 15) is 9.59 Å². The van der Waals surface area contributed by atoms with Crippen molar-refractivity contribution in [2.75, 3.05) is 12.0 Å². The summed E-state index contributed by atoms with van der Waals surface area (Å²) < 4.78 is 12.6. The predicted octanol–water partition coefficient (Wildman–Crippen LogP) is 7.93. The van der Waals surface area contributed by atoms with Crippen LogP contribution in [0.15, 0.2) is 83.8 Å². The Labute approximate surface area is 231 Å². The highest BCUT2D eigenvalue weighted by atomic mass is 127. The van der Waals surface area contributed by atoms with Crippen LogP contribution in [-0.2, 0) is 11.4 Å². The molecular weight excluding hydrogens is 609 g/mol. The molecule has 0 atom stereocenters. The molecule has 0 N–H and O–H groups in total. The molecule has 0 aromatic heterocycles. The Morgan fingerprint density at radius 2 is 1.78 bits per heavy atom. The molecule has 1 aliphatic heterocycles. The Balaban J connectivity index is 1.38. The van der Waals surface area contributed by atoms with E-state index in [-0.39, 0.29) is 5.24 Å². The summed E-state index contributed by atoms with van der Waals surface area (Å²) >= 11 is 9.12. The van der Waals surface area contributed by atoms with Crippen LogP contribution in [-0.4, -0.2) is 18.3 Å². The number of fused-ring (bicyclic) bond motifs is 1. The number of amides is 2. The third kappa shape index (κ3) is 5.09. The Kier molecular flexibility index (Phi) is 7.22. The van der Waals surface area contributed by atoms with Crippen LogP contribution in [0.1, 0.15) is 11.1 Å². The van der Waals surface area contributed by atoms with Crippen LogP contribution in [0.3, 0.4) is 0 Å². The zero-order valence-electron chi connectivity index (χ0n) is 19.0. The number of ether oxygens (including phenoxy) is 2. The highest BCUT2D eigenvalue weighted by molar-refractivity contribution is 14.1. The first-order valence-electron chi connectivity index (χ1n) is 10.9. The van der Waals surface area contributed by atoms with Crippen molar-refractivity contribution in [3.05, 3.63) is 103 Å². The highest BCUT2D eigenvalue weighted by Gasteiger charge is 2.36. The van der Waals surface area contributed by atoms with Crippen LogP contribution in [0, 0.1) is 3.57 Å². The lowest BCUT2D eigenvalue weighted by molar-refractivity contribution is -0.113. The van der Waals surface area contributed by atoms with Crippen LogP contribution in [0.2, 0.25) is 5.02 Å². The first-order valence-corrected chi connectivity index (χ1v) is 13.2. The van der Waals surface area contributed by atoms with Gasteiger partial charge in [0.05, 0.1) is 21.3 Å². The van der Waals surface area contributed by atoms with Gasteiger partial charge in [0.2, 0.25) is 0 Å². The van der Waals surface area contributed by atoms with Crippen molar-refractivity contribution in [2.45, 2.75) is 6.61 Å². The molecule has 8 heteroatoms. The first kappa shape index (κ1) is 24.7. The van der Waals surface area contributed by atoms with Gasteiger partial charge in [-0.05, 0) is 98.7 Å². The standard InChI is InChI=1S/C28H19ClINO4S/c1-34-24-13-18(14-25-27(32)31(28(33)36-25)22-8-4-7-21(29)15-22)12-23(30)26(24)35-16-17-9-10-19-5-2-3-6-20(19)11-17/h2-15H,16H2,1H3/b25-14+. The van der Waals surface area contributed by atoms with Crippen molar-refractivity contribution in [2.24, 2.45) is 0 Å². The Hall–Kier alpha value is -3.01. The van der Waals surface area contributed by atoms with Gasteiger partial charge in [-0.1, -0.05) is 54.1 Å². The monoisotopic (exact) mass is 627 g/mol. The number of nitrogens with zero attached hydrogens (tertiary/aromatic N) is 1. The van der Waals surface area contributed by atoms with E-state index in [4.69, 9.17) is 21.1 Å². The third-order valence-corrected chi connectivity index (χ3v) is 7.51. The minimum atomic E-state index is -0.391. The van der Waals surface area contributed by atoms with Crippen molar-refractivity contribution in [3.8, 4) is 11.5 Å². The molecule has 0 spiro atoms. The molecule has 0 aliphatic carbocycles. The number of carbonyl (C=O) groups excluding carboxylic acids is 2. The van der Waals surface area contributed by atoms with E-state index in [2.05, 4.69) is 46.9 Å². The summed E-state index contributed by atoms with van der Waals surface area (Å²) in [6.07, 6.45) is 1.69. The maximum atomic E-state index is 13.0. The minimum absolute atomic E-state index is 0.322. The summed E-state index contributed by atoms with van der Waals surface area (Å²) in [6.45, 7) is 0.384. The molecule has 0 unspecified atom stereocenters. The van der Waals surface area contributed by atoms with Gasteiger partial charge >= 0.3 is 0 Å². The number of hydrogen-bond acceptors (Lipinski definition) is 5. The number of benzene rings is 4. The molecule has 4 aromatic rings. The Morgan fingerprint density at radius 1 is 0.972 bits per heavy atom. The molecule has 0 radical (unpaired) electrons. The van der Waals surface area contributed by atoms with E-state index in [0.717, 1.165) is 36.7 Å². The number of rotatable bonds is 6. The number of anilines is 1. The van der Waals surface area contributed by atoms with Gasteiger partial charge in [0.1, 0.15) is 6.61 Å². The minimum Gasteiger partial charge on any atom is -0.493 e. The Bertz CT molecular complexity index is 1540. The molecule has 1 heterocycles. The molecular formula is C28H19ClINO4S. The topological polar surface area (TPSA) is 55.8 Å². The van der Waals surface area contributed by atoms with E-state index in [1.165, 1.54) is 5.39 Å². The van der Waals surface area contributed by atoms with Crippen LogP contribution in [0.4, 0.5) is 10.5 Å². The van der Waals surface area contributed by atoms with E-state index in [1.807, 2.05) is 24.3 Å². The van der Waals surface area contributed by atoms with Crippen molar-refractivity contribution in [1.82, 2.24) is 0 Å². The third-order valence-electron chi connectivity index (χ3n) is 5.61. The van der Waals surface area contributed by atoms with Gasteiger partial charge in [-0.25, -0.2) is 4.90 Å². The van der Waals surface area contributed by atoms with E-state index < -0.39 is 5.91 Å². The van der Waals surface area contributed by atoms with Gasteiger partial charge in [0.25, 0.3) is 11.1 Å². The van der Waals surface area contributed by atoms with E-state index >= 15 is 0 Å². The molecule has 2 amide bonds. The summed E-state index contributed by atoms with van der Waals surface area (Å²) in [7, 11) is 1.57. The van der Waals surface area contributed by atoms with Gasteiger partial charge in [-0.15, -0.1) is 0 Å². The number of imide groups is 1. The van der Waals surface area contributed by atoms with Crippen molar-refractivity contribution in [3.63, 3.8) is 0 Å². The summed E-state index contributed by atoms with van der Waals surface area (Å²) in [4.78, 5) is 27.0. The molecule has 36 heavy (non-hydrogen) atoms. The molecule has 5 nitrogen and oxygen atoms in total. The predicted molar refractivity (Wildman–Crippen MR) is 154 cm³/mol. The summed E-state index contributed by atoms with van der Waals surface area (Å²) in [5, 5.41) is 2.42. The molecule has 1 fully saturated rings. The molecule has 1 saturated heterocycles. The van der Waals surface area contributed by atoms with Crippen LogP contribution >= 0.6 is 46.0 Å². The molecule has 5 rings (SSSR count). The quantitative estimate of drug-likeness (QED) is 0.161. The molecule has 1 aliphatic rings. The molecule has 0 bridgehead atoms. The first-order chi connectivity index (χ1) is 17.4. The van der Waals surface area contributed by atoms with E-state index in [0.29, 0.717) is 33.7 Å². The summed E-state index contributed by atoms with van der Waals surface area (Å²) in [6, 6.07) is 24.8. The second-order valence-corrected chi connectivity index (χ2v) is 10.6. The lowest BCUT2D eigenvalue weighted by atomic mass is 10.1. The molecule has 0 saturated carbocycles. The van der Waals surface area contributed by atoms with E-state index in [1.54, 1.807) is 43.5 Å². The zero-order chi connectivity index (χ0) is 25.2. The number of halogens is 2. The number of hydrogen-bond donors (Lipinski definition) is 0. The molecule has 180 valence electrons. The second-order valence-electron chi connectivity index (χ2n) is 8.00. The normalized spacial score (nSPS) is 14.6. The largest absolute Gasteiger partial charge is 0.493 e. The van der Waals surface area contributed by atoms with Gasteiger partial charge in [0, 0.05) is 5.02 Å². The van der Waals surface area contributed by atoms with Crippen molar-refractivity contribution >= 4 is 79.6 Å². The smallest absolute Gasteiger partial charge is 0.298 e. The SMILES string of the molecule is COc1cc(/C=C2/SC(=O)N(c3cccc(Cl)c3)C2=O)cc(I)c1OCc1ccc2ccccc2c1. The second kappa shape index (κ2) is 10.5. The lowest BCUT2D eigenvalue weighted by Gasteiger charge is -2.14. The van der Waals surface area contributed by atoms with Crippen LogP contribution < -0.4 is 14.4 Å². The number of carbonyl (C=O) groups is 2. The summed E-state index contributed by atoms with van der Waals surface area (Å²) in [5.74, 6) is 0.774. The van der Waals surface area contributed by atoms with Crippen LogP contribution in [0.5, 0.6) is 11.5 Å². The van der Waals surface area contributed by atoms with Crippen molar-refractivity contribution < 1.29 is 19.1 Å². The molecule has 4 aromatic carbocycles. The highest BCUT2D eigenvalue weighted by Crippen LogP contribution is 2.39. The Morgan fingerprint density at radius 3 is 2.56 bits per heavy atom. The average Bonchev–Trinajstić information content (AvgIpc) is 3.15. The fourth-order valence-electron chi connectivity index (χ4n) is 3.90. The van der Waals surface area contributed by atoms with Gasteiger partial charge in [-0.2, -0.15) is 0 Å². The fraction of sp³-hybridized carbons (Fsp3) is 0.0714. The zero-order valence-corrected chi connectivity index (χ0v) is 22.8. The van der Waals surface area contributed by atoms with Gasteiger partial charge in [-0.3, -0.25) is 9.59 Å². The van der Waals surface area contributed by atoms with Gasteiger partial charge < -0.3 is 9.47 Å². The maximum absolute atomic E-state index is 13.0. The van der Waals surface area contributed by atoms with Crippen LogP contribution in [0.25, 0.3) is 16.8 Å². The fourth-order valence-corrected chi connectivity index (χ4v) is 5.71. The summed E-state index contributed by atoms with van der Waals surface area (Å²) in [5.41, 5.74) is 2.22. The van der Waals surface area contributed by atoms with Gasteiger partial charge in [0.15, 0.2) is 11.5 Å². The lowest BCUT2D eigenvalue weighted by Crippen LogP contribution is -2.27.